The number of carbonyl (C=O) groups is 1. The lowest BCUT2D eigenvalue weighted by Gasteiger charge is -2.12. The molecule has 0 fully saturated rings. The average molecular weight is 214 g/mol. The molecule has 1 N–H and O–H groups in total. The number of carbonyl (C=O) groups excluding carboxylic acids is 1. The van der Waals surface area contributed by atoms with Crippen molar-refractivity contribution in [3.05, 3.63) is 35.1 Å². The summed E-state index contributed by atoms with van der Waals surface area (Å²) in [5.41, 5.74) is 0.123. The molecule has 0 saturated carbocycles. The van der Waals surface area contributed by atoms with Gasteiger partial charge in [0.25, 0.3) is 0 Å². The van der Waals surface area contributed by atoms with E-state index in [2.05, 4.69) is 9.47 Å². The van der Waals surface area contributed by atoms with E-state index in [-0.39, 0.29) is 11.1 Å². The molecule has 0 spiro atoms. The highest BCUT2D eigenvalue weighted by molar-refractivity contribution is 5.91. The summed E-state index contributed by atoms with van der Waals surface area (Å²) >= 11 is 0. The van der Waals surface area contributed by atoms with Gasteiger partial charge in [-0.1, -0.05) is 0 Å². The number of halogens is 1. The van der Waals surface area contributed by atoms with Crippen LogP contribution in [0.4, 0.5) is 4.39 Å². The lowest BCUT2D eigenvalue weighted by atomic mass is 10.1. The minimum Gasteiger partial charge on any atom is -0.465 e. The van der Waals surface area contributed by atoms with Crippen molar-refractivity contribution in [1.29, 1.82) is 0 Å². The Kier molecular flexibility index (Phi) is 3.76. The second kappa shape index (κ2) is 4.86. The van der Waals surface area contributed by atoms with Crippen molar-refractivity contribution in [2.75, 3.05) is 14.2 Å². The molecule has 1 atom stereocenters. The second-order valence-corrected chi connectivity index (χ2v) is 2.81. The number of methoxy groups -OCH3 is 2. The van der Waals surface area contributed by atoms with Crippen molar-refractivity contribution in [2.45, 2.75) is 6.29 Å². The maximum atomic E-state index is 12.9. The molecule has 15 heavy (non-hydrogen) atoms. The fourth-order valence-electron chi connectivity index (χ4n) is 1.16. The third-order valence-corrected chi connectivity index (χ3v) is 1.91. The Morgan fingerprint density at radius 1 is 1.47 bits per heavy atom. The van der Waals surface area contributed by atoms with Gasteiger partial charge in [-0.05, 0) is 18.2 Å². The molecule has 1 aromatic carbocycles. The van der Waals surface area contributed by atoms with Gasteiger partial charge in [0.1, 0.15) is 5.82 Å². The van der Waals surface area contributed by atoms with Crippen LogP contribution in [0.1, 0.15) is 22.2 Å². The average Bonchev–Trinajstić information content (AvgIpc) is 2.26. The number of rotatable bonds is 3. The first kappa shape index (κ1) is 11.6. The van der Waals surface area contributed by atoms with Crippen molar-refractivity contribution >= 4 is 5.97 Å². The number of aliphatic hydroxyl groups is 1. The molecule has 0 saturated heterocycles. The van der Waals surface area contributed by atoms with Crippen molar-refractivity contribution in [2.24, 2.45) is 0 Å². The summed E-state index contributed by atoms with van der Waals surface area (Å²) in [6.45, 7) is 0. The maximum absolute atomic E-state index is 12.9. The summed E-state index contributed by atoms with van der Waals surface area (Å²) in [4.78, 5) is 11.3. The third-order valence-electron chi connectivity index (χ3n) is 1.91. The van der Waals surface area contributed by atoms with Crippen LogP contribution in [0.15, 0.2) is 18.2 Å². The summed E-state index contributed by atoms with van der Waals surface area (Å²) in [6, 6.07) is 3.37. The van der Waals surface area contributed by atoms with Gasteiger partial charge in [-0.3, -0.25) is 0 Å². The van der Waals surface area contributed by atoms with Crippen LogP contribution in [0, 0.1) is 5.82 Å². The predicted molar refractivity (Wildman–Crippen MR) is 49.7 cm³/mol. The predicted octanol–water partition coefficient (Wildman–Crippen LogP) is 1.25. The fraction of sp³-hybridized carbons (Fsp3) is 0.300. The largest absolute Gasteiger partial charge is 0.465 e. The number of esters is 1. The van der Waals surface area contributed by atoms with Crippen LogP contribution in [0.25, 0.3) is 0 Å². The molecule has 0 aliphatic rings. The van der Waals surface area contributed by atoms with Gasteiger partial charge in [0.2, 0.25) is 0 Å². The molecular weight excluding hydrogens is 203 g/mol. The van der Waals surface area contributed by atoms with Crippen molar-refractivity contribution in [1.82, 2.24) is 0 Å². The highest BCUT2D eigenvalue weighted by Crippen LogP contribution is 2.20. The molecule has 0 radical (unpaired) electrons. The van der Waals surface area contributed by atoms with Crippen LogP contribution in [0.2, 0.25) is 0 Å². The molecule has 5 heteroatoms. The Morgan fingerprint density at radius 2 is 2.13 bits per heavy atom. The first-order valence-electron chi connectivity index (χ1n) is 4.18. The molecular formula is C10H11FO4. The molecule has 82 valence electrons. The molecule has 0 aliphatic carbocycles. The standard InChI is InChI=1S/C10H11FO4/c1-14-9(12)7-4-3-6(11)5-8(7)10(13)15-2/h3-5,10,13H,1-2H3. The van der Waals surface area contributed by atoms with Crippen LogP contribution >= 0.6 is 0 Å². The molecule has 4 nitrogen and oxygen atoms in total. The first-order valence-corrected chi connectivity index (χ1v) is 4.18. The molecule has 1 rings (SSSR count). The van der Waals surface area contributed by atoms with Gasteiger partial charge < -0.3 is 14.6 Å². The van der Waals surface area contributed by atoms with Gasteiger partial charge in [0.05, 0.1) is 12.7 Å². The Hall–Kier alpha value is -1.46. The number of benzene rings is 1. The van der Waals surface area contributed by atoms with E-state index >= 15 is 0 Å². The quantitative estimate of drug-likeness (QED) is 0.607. The molecule has 0 aromatic heterocycles. The van der Waals surface area contributed by atoms with E-state index in [0.29, 0.717) is 0 Å². The van der Waals surface area contributed by atoms with E-state index in [0.717, 1.165) is 12.1 Å². The maximum Gasteiger partial charge on any atom is 0.338 e. The Labute approximate surface area is 86.2 Å². The topological polar surface area (TPSA) is 55.8 Å². The highest BCUT2D eigenvalue weighted by atomic mass is 19.1. The SMILES string of the molecule is COC(=O)c1ccc(F)cc1C(O)OC. The van der Waals surface area contributed by atoms with Crippen LogP contribution in [0.3, 0.4) is 0 Å². The monoisotopic (exact) mass is 214 g/mol. The number of aliphatic hydroxyl groups excluding tert-OH is 1. The molecule has 1 aromatic rings. The van der Waals surface area contributed by atoms with E-state index in [1.165, 1.54) is 20.3 Å². The van der Waals surface area contributed by atoms with Gasteiger partial charge in [-0.25, -0.2) is 9.18 Å². The zero-order valence-corrected chi connectivity index (χ0v) is 8.36. The molecule has 0 bridgehead atoms. The lowest BCUT2D eigenvalue weighted by Crippen LogP contribution is -2.10. The van der Waals surface area contributed by atoms with Crippen molar-refractivity contribution < 1.29 is 23.8 Å². The van der Waals surface area contributed by atoms with Gasteiger partial charge in [0, 0.05) is 12.7 Å². The van der Waals surface area contributed by atoms with Gasteiger partial charge >= 0.3 is 5.97 Å². The van der Waals surface area contributed by atoms with Crippen LogP contribution in [-0.4, -0.2) is 25.3 Å². The lowest BCUT2D eigenvalue weighted by molar-refractivity contribution is -0.0776. The third kappa shape index (κ3) is 2.51. The van der Waals surface area contributed by atoms with Gasteiger partial charge in [-0.15, -0.1) is 0 Å². The Balaban J connectivity index is 3.20. The highest BCUT2D eigenvalue weighted by Gasteiger charge is 2.18. The zero-order valence-electron chi connectivity index (χ0n) is 8.36. The van der Waals surface area contributed by atoms with E-state index in [4.69, 9.17) is 0 Å². The number of hydrogen-bond acceptors (Lipinski definition) is 4. The summed E-state index contributed by atoms with van der Waals surface area (Å²) < 4.78 is 22.0. The van der Waals surface area contributed by atoms with Crippen LogP contribution < -0.4 is 0 Å². The minimum absolute atomic E-state index is 0.0457. The molecule has 0 amide bonds. The van der Waals surface area contributed by atoms with Gasteiger partial charge in [-0.2, -0.15) is 0 Å². The number of hydrogen-bond donors (Lipinski definition) is 1. The van der Waals surface area contributed by atoms with Crippen molar-refractivity contribution in [3.8, 4) is 0 Å². The minimum atomic E-state index is -1.35. The second-order valence-electron chi connectivity index (χ2n) is 2.81. The normalized spacial score (nSPS) is 12.3. The summed E-state index contributed by atoms with van der Waals surface area (Å²) in [5.74, 6) is -1.21. The molecule has 1 unspecified atom stereocenters. The van der Waals surface area contributed by atoms with E-state index in [1.807, 2.05) is 0 Å². The Bertz CT molecular complexity index is 364. The smallest absolute Gasteiger partial charge is 0.338 e. The molecule has 0 heterocycles. The van der Waals surface area contributed by atoms with E-state index in [1.54, 1.807) is 0 Å². The fourth-order valence-corrected chi connectivity index (χ4v) is 1.16. The van der Waals surface area contributed by atoms with Crippen LogP contribution in [0.5, 0.6) is 0 Å². The summed E-state index contributed by atoms with van der Waals surface area (Å²) in [7, 11) is 2.45. The van der Waals surface area contributed by atoms with E-state index in [9.17, 15) is 14.3 Å². The van der Waals surface area contributed by atoms with Crippen molar-refractivity contribution in [3.63, 3.8) is 0 Å². The Morgan fingerprint density at radius 3 is 2.67 bits per heavy atom. The number of ether oxygens (including phenoxy) is 2. The molecule has 0 aliphatic heterocycles. The summed E-state index contributed by atoms with van der Waals surface area (Å²) in [5, 5.41) is 9.38. The summed E-state index contributed by atoms with van der Waals surface area (Å²) in [6.07, 6.45) is -1.35. The van der Waals surface area contributed by atoms with E-state index < -0.39 is 18.1 Å². The van der Waals surface area contributed by atoms with Crippen LogP contribution in [-0.2, 0) is 9.47 Å². The first-order chi connectivity index (χ1) is 7.10. The van der Waals surface area contributed by atoms with Gasteiger partial charge in [0.15, 0.2) is 6.29 Å². The zero-order chi connectivity index (χ0) is 11.4.